The van der Waals surface area contributed by atoms with Gasteiger partial charge in [-0.3, -0.25) is 9.78 Å². The second kappa shape index (κ2) is 6.18. The number of pyridine rings is 1. The molecule has 1 amide bonds. The first kappa shape index (κ1) is 14.7. The molecule has 0 radical (unpaired) electrons. The molecule has 2 aromatic rings. The van der Waals surface area contributed by atoms with Gasteiger partial charge in [-0.1, -0.05) is 26.8 Å². The third kappa shape index (κ3) is 3.90. The number of amides is 1. The molecule has 0 fully saturated rings. The first-order valence-corrected chi connectivity index (χ1v) is 7.61. The van der Waals surface area contributed by atoms with E-state index in [9.17, 15) is 4.79 Å². The summed E-state index contributed by atoms with van der Waals surface area (Å²) >= 11 is 1.65. The highest BCUT2D eigenvalue weighted by Gasteiger charge is 2.27. The molecule has 0 aliphatic rings. The van der Waals surface area contributed by atoms with E-state index in [1.165, 1.54) is 5.56 Å². The van der Waals surface area contributed by atoms with Crippen LogP contribution >= 0.6 is 11.3 Å². The molecule has 0 aromatic carbocycles. The third-order valence-electron chi connectivity index (χ3n) is 2.96. The van der Waals surface area contributed by atoms with Crippen molar-refractivity contribution in [2.45, 2.75) is 33.9 Å². The van der Waals surface area contributed by atoms with E-state index in [4.69, 9.17) is 0 Å². The average molecular weight is 288 g/mol. The summed E-state index contributed by atoms with van der Waals surface area (Å²) < 4.78 is 0. The zero-order valence-electron chi connectivity index (χ0n) is 12.2. The molecule has 0 spiro atoms. The van der Waals surface area contributed by atoms with Crippen LogP contribution in [0.1, 0.15) is 32.0 Å². The topological polar surface area (TPSA) is 33.2 Å². The predicted molar refractivity (Wildman–Crippen MR) is 82.3 cm³/mol. The molecule has 2 aromatic heterocycles. The van der Waals surface area contributed by atoms with Crippen LogP contribution < -0.4 is 0 Å². The lowest BCUT2D eigenvalue weighted by Crippen LogP contribution is -2.38. The fourth-order valence-electron chi connectivity index (χ4n) is 1.96. The van der Waals surface area contributed by atoms with Crippen molar-refractivity contribution in [2.75, 3.05) is 0 Å². The number of aromatic nitrogens is 1. The smallest absolute Gasteiger partial charge is 0.228 e. The molecule has 0 unspecified atom stereocenters. The molecular formula is C16H20N2OS. The standard InChI is InChI=1S/C16H20N2OS/c1-16(2,3)15(19)18(10-13-7-9-20-12-13)11-14-6-4-5-8-17-14/h4-9,12H,10-11H2,1-3H3. The molecule has 4 heteroatoms. The highest BCUT2D eigenvalue weighted by atomic mass is 32.1. The van der Waals surface area contributed by atoms with Crippen LogP contribution in [0.5, 0.6) is 0 Å². The number of carbonyl (C=O) groups is 1. The quantitative estimate of drug-likeness (QED) is 0.859. The minimum Gasteiger partial charge on any atom is -0.332 e. The Morgan fingerprint density at radius 3 is 2.60 bits per heavy atom. The highest BCUT2D eigenvalue weighted by molar-refractivity contribution is 7.07. The Kier molecular flexibility index (Phi) is 4.55. The van der Waals surface area contributed by atoms with E-state index in [2.05, 4.69) is 16.4 Å². The van der Waals surface area contributed by atoms with Gasteiger partial charge in [0.25, 0.3) is 0 Å². The molecule has 3 nitrogen and oxygen atoms in total. The van der Waals surface area contributed by atoms with Gasteiger partial charge in [0.2, 0.25) is 5.91 Å². The molecule has 0 atom stereocenters. The van der Waals surface area contributed by atoms with Gasteiger partial charge in [-0.05, 0) is 34.5 Å². The van der Waals surface area contributed by atoms with E-state index in [0.29, 0.717) is 13.1 Å². The molecule has 0 aliphatic heterocycles. The lowest BCUT2D eigenvalue weighted by atomic mass is 9.94. The number of rotatable bonds is 4. The third-order valence-corrected chi connectivity index (χ3v) is 3.69. The van der Waals surface area contributed by atoms with Crippen molar-refractivity contribution in [2.24, 2.45) is 5.41 Å². The van der Waals surface area contributed by atoms with Gasteiger partial charge >= 0.3 is 0 Å². The van der Waals surface area contributed by atoms with Crippen LogP contribution in [0.2, 0.25) is 0 Å². The van der Waals surface area contributed by atoms with Crippen LogP contribution in [-0.2, 0) is 17.9 Å². The highest BCUT2D eigenvalue weighted by Crippen LogP contribution is 2.21. The summed E-state index contributed by atoms with van der Waals surface area (Å²) in [7, 11) is 0. The van der Waals surface area contributed by atoms with Crippen molar-refractivity contribution >= 4 is 17.2 Å². The number of thiophene rings is 1. The molecular weight excluding hydrogens is 268 g/mol. The number of hydrogen-bond donors (Lipinski definition) is 0. The van der Waals surface area contributed by atoms with E-state index < -0.39 is 0 Å². The van der Waals surface area contributed by atoms with Crippen LogP contribution in [0, 0.1) is 5.41 Å². The summed E-state index contributed by atoms with van der Waals surface area (Å²) in [5.74, 6) is 0.148. The molecule has 0 saturated heterocycles. The van der Waals surface area contributed by atoms with E-state index in [-0.39, 0.29) is 11.3 Å². The van der Waals surface area contributed by atoms with Crippen molar-refractivity contribution in [1.29, 1.82) is 0 Å². The van der Waals surface area contributed by atoms with Gasteiger partial charge in [-0.2, -0.15) is 11.3 Å². The van der Waals surface area contributed by atoms with Crippen molar-refractivity contribution in [1.82, 2.24) is 9.88 Å². The average Bonchev–Trinajstić information content (AvgIpc) is 2.90. The second-order valence-electron chi connectivity index (χ2n) is 5.86. The number of hydrogen-bond acceptors (Lipinski definition) is 3. The lowest BCUT2D eigenvalue weighted by Gasteiger charge is -2.29. The number of nitrogens with zero attached hydrogens (tertiary/aromatic N) is 2. The van der Waals surface area contributed by atoms with E-state index in [0.717, 1.165) is 5.69 Å². The Bertz CT molecular complexity index is 544. The van der Waals surface area contributed by atoms with Crippen molar-refractivity contribution < 1.29 is 4.79 Å². The zero-order chi connectivity index (χ0) is 14.6. The van der Waals surface area contributed by atoms with Gasteiger partial charge in [0.15, 0.2) is 0 Å². The Morgan fingerprint density at radius 1 is 1.25 bits per heavy atom. The minimum atomic E-state index is -0.384. The molecule has 0 aliphatic carbocycles. The van der Waals surface area contributed by atoms with Crippen LogP contribution in [0.15, 0.2) is 41.2 Å². The van der Waals surface area contributed by atoms with Gasteiger partial charge in [-0.15, -0.1) is 0 Å². The fourth-order valence-corrected chi connectivity index (χ4v) is 2.62. The van der Waals surface area contributed by atoms with Gasteiger partial charge < -0.3 is 4.90 Å². The maximum atomic E-state index is 12.6. The molecule has 0 saturated carbocycles. The molecule has 0 N–H and O–H groups in total. The van der Waals surface area contributed by atoms with Crippen LogP contribution in [0.3, 0.4) is 0 Å². The normalized spacial score (nSPS) is 11.3. The summed E-state index contributed by atoms with van der Waals surface area (Å²) in [5.41, 5.74) is 1.70. The lowest BCUT2D eigenvalue weighted by molar-refractivity contribution is -0.140. The van der Waals surface area contributed by atoms with Crippen LogP contribution in [-0.4, -0.2) is 15.8 Å². The number of carbonyl (C=O) groups excluding carboxylic acids is 1. The summed E-state index contributed by atoms with van der Waals surface area (Å²) in [6, 6.07) is 7.85. The summed E-state index contributed by atoms with van der Waals surface area (Å²) in [6.45, 7) is 7.04. The molecule has 2 heterocycles. The maximum Gasteiger partial charge on any atom is 0.228 e. The van der Waals surface area contributed by atoms with Gasteiger partial charge in [-0.25, -0.2) is 0 Å². The second-order valence-corrected chi connectivity index (χ2v) is 6.64. The molecule has 20 heavy (non-hydrogen) atoms. The summed E-state index contributed by atoms with van der Waals surface area (Å²) in [4.78, 5) is 18.8. The minimum absolute atomic E-state index is 0.148. The van der Waals surface area contributed by atoms with Crippen LogP contribution in [0.25, 0.3) is 0 Å². The summed E-state index contributed by atoms with van der Waals surface area (Å²) in [5, 5.41) is 4.12. The fraction of sp³-hybridized carbons (Fsp3) is 0.375. The Morgan fingerprint density at radius 2 is 2.05 bits per heavy atom. The van der Waals surface area contributed by atoms with Gasteiger partial charge in [0.1, 0.15) is 0 Å². The van der Waals surface area contributed by atoms with Gasteiger partial charge in [0.05, 0.1) is 12.2 Å². The first-order valence-electron chi connectivity index (χ1n) is 6.67. The largest absolute Gasteiger partial charge is 0.332 e. The molecule has 2 rings (SSSR count). The Balaban J connectivity index is 2.18. The van der Waals surface area contributed by atoms with Crippen molar-refractivity contribution in [3.8, 4) is 0 Å². The monoisotopic (exact) mass is 288 g/mol. The maximum absolute atomic E-state index is 12.6. The Hall–Kier alpha value is -1.68. The van der Waals surface area contributed by atoms with E-state index >= 15 is 0 Å². The summed E-state index contributed by atoms with van der Waals surface area (Å²) in [6.07, 6.45) is 1.76. The van der Waals surface area contributed by atoms with Crippen molar-refractivity contribution in [3.63, 3.8) is 0 Å². The SMILES string of the molecule is CC(C)(C)C(=O)N(Cc1ccsc1)Cc1ccccn1. The van der Waals surface area contributed by atoms with Crippen molar-refractivity contribution in [3.05, 3.63) is 52.5 Å². The zero-order valence-corrected chi connectivity index (χ0v) is 13.0. The molecule has 106 valence electrons. The Labute approximate surface area is 124 Å². The van der Waals surface area contributed by atoms with E-state index in [1.54, 1.807) is 17.5 Å². The molecule has 0 bridgehead atoms. The predicted octanol–water partition coefficient (Wildman–Crippen LogP) is 3.72. The van der Waals surface area contributed by atoms with Gasteiger partial charge in [0, 0.05) is 18.2 Å². The van der Waals surface area contributed by atoms with Crippen LogP contribution in [0.4, 0.5) is 0 Å². The first-order chi connectivity index (χ1) is 9.47. The van der Waals surface area contributed by atoms with E-state index in [1.807, 2.05) is 49.3 Å².